The maximum atomic E-state index is 12.4. The Kier molecular flexibility index (Phi) is 5.31. The zero-order chi connectivity index (χ0) is 17.2. The first kappa shape index (κ1) is 17.7. The summed E-state index contributed by atoms with van der Waals surface area (Å²) in [6, 6.07) is 5.41. The molecule has 23 heavy (non-hydrogen) atoms. The summed E-state index contributed by atoms with van der Waals surface area (Å²) in [6.07, 6.45) is 0. The zero-order valence-electron chi connectivity index (χ0n) is 13.8. The molecule has 1 aromatic heterocycles. The lowest BCUT2D eigenvalue weighted by Crippen LogP contribution is -2.27. The zero-order valence-corrected chi connectivity index (χ0v) is 15.4. The fraction of sp³-hybridized carbons (Fsp3) is 0.467. The van der Waals surface area contributed by atoms with Crippen LogP contribution in [-0.2, 0) is 10.3 Å². The van der Waals surface area contributed by atoms with Crippen molar-refractivity contribution in [1.29, 1.82) is 0 Å². The van der Waals surface area contributed by atoms with E-state index >= 15 is 0 Å². The lowest BCUT2D eigenvalue weighted by atomic mass is 10.1. The van der Waals surface area contributed by atoms with Gasteiger partial charge in [-0.3, -0.25) is 4.79 Å². The fourth-order valence-electron chi connectivity index (χ4n) is 1.85. The van der Waals surface area contributed by atoms with Gasteiger partial charge in [0.05, 0.1) is 10.8 Å². The van der Waals surface area contributed by atoms with Gasteiger partial charge in [-0.1, -0.05) is 29.4 Å². The van der Waals surface area contributed by atoms with Crippen LogP contribution in [0, 0.1) is 6.92 Å². The first-order valence-corrected chi connectivity index (χ1v) is 8.47. The van der Waals surface area contributed by atoms with Crippen molar-refractivity contribution in [2.75, 3.05) is 5.32 Å². The molecule has 1 atom stereocenters. The lowest BCUT2D eigenvalue weighted by molar-refractivity contribution is -0.115. The third-order valence-corrected chi connectivity index (χ3v) is 4.45. The smallest absolute Gasteiger partial charge is 0.237 e. The molecule has 0 saturated carbocycles. The first-order chi connectivity index (χ1) is 10.7. The Labute approximate surface area is 145 Å². The summed E-state index contributed by atoms with van der Waals surface area (Å²) in [6.45, 7) is 9.76. The van der Waals surface area contributed by atoms with Gasteiger partial charge in [-0.15, -0.1) is 5.10 Å². The highest BCUT2D eigenvalue weighted by Crippen LogP contribution is 2.27. The van der Waals surface area contributed by atoms with Crippen molar-refractivity contribution in [1.82, 2.24) is 20.2 Å². The molecule has 0 bridgehead atoms. The van der Waals surface area contributed by atoms with Crippen LogP contribution in [0.1, 0.15) is 33.3 Å². The second kappa shape index (κ2) is 6.88. The maximum absolute atomic E-state index is 12.4. The highest BCUT2D eigenvalue weighted by Gasteiger charge is 2.24. The van der Waals surface area contributed by atoms with E-state index < -0.39 is 0 Å². The summed E-state index contributed by atoms with van der Waals surface area (Å²) in [4.78, 5) is 12.4. The number of carbonyl (C=O) groups excluding carboxylic acids is 1. The normalized spacial score (nSPS) is 13.0. The number of nitrogens with one attached hydrogen (secondary N) is 1. The second-order valence-corrected chi connectivity index (χ2v) is 8.00. The minimum absolute atomic E-state index is 0.121. The molecule has 0 aliphatic carbocycles. The molecule has 1 aromatic carbocycles. The summed E-state index contributed by atoms with van der Waals surface area (Å²) in [5.41, 5.74) is 1.43. The van der Waals surface area contributed by atoms with Crippen LogP contribution >= 0.6 is 23.4 Å². The molecule has 0 saturated heterocycles. The molecule has 0 aliphatic heterocycles. The molecule has 0 radical (unpaired) electrons. The van der Waals surface area contributed by atoms with Crippen LogP contribution in [0.2, 0.25) is 5.02 Å². The van der Waals surface area contributed by atoms with Crippen molar-refractivity contribution in [3.63, 3.8) is 0 Å². The molecule has 0 spiro atoms. The van der Waals surface area contributed by atoms with Crippen molar-refractivity contribution in [2.45, 2.75) is 50.6 Å². The monoisotopic (exact) mass is 353 g/mol. The van der Waals surface area contributed by atoms with E-state index in [0.717, 1.165) is 5.56 Å². The van der Waals surface area contributed by atoms with Gasteiger partial charge >= 0.3 is 0 Å². The molecule has 1 heterocycles. The number of hydrogen-bond acceptors (Lipinski definition) is 5. The molecular formula is C15H20ClN5OS. The van der Waals surface area contributed by atoms with Gasteiger partial charge < -0.3 is 5.32 Å². The number of tetrazole rings is 1. The Morgan fingerprint density at radius 1 is 1.39 bits per heavy atom. The van der Waals surface area contributed by atoms with Gasteiger partial charge in [0.1, 0.15) is 0 Å². The van der Waals surface area contributed by atoms with Crippen molar-refractivity contribution in [3.05, 3.63) is 28.8 Å². The Hall–Kier alpha value is -1.60. The number of anilines is 1. The molecule has 2 aromatic rings. The average molecular weight is 354 g/mol. The molecule has 0 fully saturated rings. The summed E-state index contributed by atoms with van der Waals surface area (Å²) in [5, 5.41) is 15.5. The summed E-state index contributed by atoms with van der Waals surface area (Å²) in [7, 11) is 0. The molecule has 8 heteroatoms. The van der Waals surface area contributed by atoms with Crippen LogP contribution < -0.4 is 5.32 Å². The molecule has 1 amide bonds. The number of halogens is 1. The Morgan fingerprint density at radius 3 is 2.74 bits per heavy atom. The second-order valence-electron chi connectivity index (χ2n) is 6.25. The minimum Gasteiger partial charge on any atom is -0.325 e. The lowest BCUT2D eigenvalue weighted by Gasteiger charge is -2.20. The minimum atomic E-state index is -0.347. The van der Waals surface area contributed by atoms with Crippen LogP contribution in [0.4, 0.5) is 5.69 Å². The van der Waals surface area contributed by atoms with E-state index in [1.54, 1.807) is 16.8 Å². The largest absolute Gasteiger partial charge is 0.325 e. The van der Waals surface area contributed by atoms with Crippen molar-refractivity contribution in [2.24, 2.45) is 0 Å². The van der Waals surface area contributed by atoms with E-state index in [0.29, 0.717) is 15.9 Å². The molecule has 6 nitrogen and oxygen atoms in total. The average Bonchev–Trinajstić information content (AvgIpc) is 2.91. The third-order valence-electron chi connectivity index (χ3n) is 3.19. The molecule has 1 N–H and O–H groups in total. The SMILES string of the molecule is Cc1ccc(Cl)cc1NC(=O)C(C)Sc1nnnn1C(C)(C)C. The molecule has 0 aliphatic rings. The first-order valence-electron chi connectivity index (χ1n) is 7.21. The van der Waals surface area contributed by atoms with Crippen LogP contribution in [0.25, 0.3) is 0 Å². The van der Waals surface area contributed by atoms with Gasteiger partial charge in [-0.2, -0.15) is 0 Å². The standard InChI is InChI=1S/C15H20ClN5OS/c1-9-6-7-11(16)8-12(9)17-13(22)10(2)23-14-18-19-20-21(14)15(3,4)5/h6-8,10H,1-5H3,(H,17,22). The maximum Gasteiger partial charge on any atom is 0.237 e. The number of aromatic nitrogens is 4. The predicted octanol–water partition coefficient (Wildman–Crippen LogP) is 3.51. The van der Waals surface area contributed by atoms with Gasteiger partial charge in [-0.25, -0.2) is 4.68 Å². The number of hydrogen-bond donors (Lipinski definition) is 1. The van der Waals surface area contributed by atoms with Crippen molar-refractivity contribution in [3.8, 4) is 0 Å². The third kappa shape index (κ3) is 4.45. The van der Waals surface area contributed by atoms with Crippen molar-refractivity contribution >= 4 is 35.0 Å². The summed E-state index contributed by atoms with van der Waals surface area (Å²) < 4.78 is 1.71. The van der Waals surface area contributed by atoms with Crippen LogP contribution in [0.3, 0.4) is 0 Å². The van der Waals surface area contributed by atoms with E-state index in [1.165, 1.54) is 11.8 Å². The van der Waals surface area contributed by atoms with Gasteiger partial charge in [0.2, 0.25) is 11.1 Å². The van der Waals surface area contributed by atoms with Crippen LogP contribution in [-0.4, -0.2) is 31.4 Å². The number of benzene rings is 1. The Balaban J connectivity index is 2.09. The highest BCUT2D eigenvalue weighted by molar-refractivity contribution is 8.00. The van der Waals surface area contributed by atoms with E-state index in [2.05, 4.69) is 20.8 Å². The predicted molar refractivity (Wildman–Crippen MR) is 93.0 cm³/mol. The highest BCUT2D eigenvalue weighted by atomic mass is 35.5. The summed E-state index contributed by atoms with van der Waals surface area (Å²) >= 11 is 7.30. The number of carbonyl (C=O) groups is 1. The number of thioether (sulfide) groups is 1. The van der Waals surface area contributed by atoms with Gasteiger partial charge in [0.25, 0.3) is 0 Å². The molecule has 1 unspecified atom stereocenters. The quantitative estimate of drug-likeness (QED) is 0.851. The fourth-order valence-corrected chi connectivity index (χ4v) is 3.00. The molecule has 2 rings (SSSR count). The van der Waals surface area contributed by atoms with Crippen molar-refractivity contribution < 1.29 is 4.79 Å². The summed E-state index contributed by atoms with van der Waals surface area (Å²) in [5.74, 6) is -0.121. The number of aryl methyl sites for hydroxylation is 1. The van der Waals surface area contributed by atoms with Crippen LogP contribution in [0.15, 0.2) is 23.4 Å². The van der Waals surface area contributed by atoms with Crippen LogP contribution in [0.5, 0.6) is 0 Å². The Morgan fingerprint density at radius 2 is 2.09 bits per heavy atom. The number of nitrogens with zero attached hydrogens (tertiary/aromatic N) is 4. The van der Waals surface area contributed by atoms with E-state index in [9.17, 15) is 4.79 Å². The van der Waals surface area contributed by atoms with E-state index in [-0.39, 0.29) is 16.7 Å². The van der Waals surface area contributed by atoms with E-state index in [4.69, 9.17) is 11.6 Å². The topological polar surface area (TPSA) is 72.7 Å². The molecule has 124 valence electrons. The Bertz CT molecular complexity index is 710. The van der Waals surface area contributed by atoms with Gasteiger partial charge in [0, 0.05) is 10.7 Å². The van der Waals surface area contributed by atoms with Gasteiger partial charge in [0.15, 0.2) is 0 Å². The molecular weight excluding hydrogens is 334 g/mol. The number of amides is 1. The number of rotatable bonds is 4. The van der Waals surface area contributed by atoms with E-state index in [1.807, 2.05) is 40.7 Å². The van der Waals surface area contributed by atoms with Gasteiger partial charge in [-0.05, 0) is 62.7 Å².